The van der Waals surface area contributed by atoms with Crippen molar-refractivity contribution in [3.8, 4) is 0 Å². The molecule has 1 fully saturated rings. The molecule has 1 amide bonds. The number of carbonyl (C=O) groups excluding carboxylic acids is 1. The summed E-state index contributed by atoms with van der Waals surface area (Å²) in [6.07, 6.45) is 1.87. The molecule has 7 heteroatoms. The smallest absolute Gasteiger partial charge is 0.250 e. The van der Waals surface area contributed by atoms with E-state index in [1.54, 1.807) is 41.1 Å². The van der Waals surface area contributed by atoms with Crippen LogP contribution in [-0.4, -0.2) is 10.5 Å². The Bertz CT molecular complexity index is 1140. The third-order valence-corrected chi connectivity index (χ3v) is 5.58. The number of hydrogen-bond acceptors (Lipinski definition) is 2. The molecular weight excluding hydrogens is 410 g/mol. The zero-order valence-electron chi connectivity index (χ0n) is 16.2. The Kier molecular flexibility index (Phi) is 5.43. The molecule has 2 heterocycles. The average Bonchev–Trinajstić information content (AvgIpc) is 3.00. The third-order valence-electron chi connectivity index (χ3n) is 5.32. The Labute approximate surface area is 177 Å². The summed E-state index contributed by atoms with van der Waals surface area (Å²) < 4.78 is 29.6. The van der Waals surface area contributed by atoms with Gasteiger partial charge in [0.05, 0.1) is 6.04 Å². The van der Waals surface area contributed by atoms with Crippen LogP contribution in [-0.2, 0) is 11.3 Å². The Morgan fingerprint density at radius 3 is 2.33 bits per heavy atom. The monoisotopic (exact) mass is 428 g/mol. The number of aromatic nitrogens is 1. The van der Waals surface area contributed by atoms with Crippen molar-refractivity contribution < 1.29 is 13.6 Å². The van der Waals surface area contributed by atoms with E-state index in [0.717, 1.165) is 11.6 Å². The second-order valence-electron chi connectivity index (χ2n) is 7.55. The number of benzene rings is 2. The SMILES string of the molecule is Cc1ccc(=O)n(C[C@@H]2CC(=O)N(c3ccc(Cl)cc3)[C@H]2c2cc(F)cc(F)c2)c1. The minimum absolute atomic E-state index is 0.145. The minimum Gasteiger partial charge on any atom is -0.315 e. The van der Waals surface area contributed by atoms with Gasteiger partial charge >= 0.3 is 0 Å². The maximum Gasteiger partial charge on any atom is 0.250 e. The molecule has 30 heavy (non-hydrogen) atoms. The fourth-order valence-electron chi connectivity index (χ4n) is 4.08. The van der Waals surface area contributed by atoms with Gasteiger partial charge in [-0.3, -0.25) is 9.59 Å². The molecule has 0 radical (unpaired) electrons. The van der Waals surface area contributed by atoms with Crippen molar-refractivity contribution in [1.29, 1.82) is 0 Å². The van der Waals surface area contributed by atoms with Gasteiger partial charge in [-0.25, -0.2) is 8.78 Å². The highest BCUT2D eigenvalue weighted by molar-refractivity contribution is 6.30. The summed E-state index contributed by atoms with van der Waals surface area (Å²) >= 11 is 5.98. The van der Waals surface area contributed by atoms with Crippen LogP contribution in [0.5, 0.6) is 0 Å². The molecule has 1 aromatic heterocycles. The topological polar surface area (TPSA) is 42.3 Å². The second-order valence-corrected chi connectivity index (χ2v) is 7.99. The highest BCUT2D eigenvalue weighted by Crippen LogP contribution is 2.42. The van der Waals surface area contributed by atoms with Crippen molar-refractivity contribution in [2.24, 2.45) is 5.92 Å². The van der Waals surface area contributed by atoms with Gasteiger partial charge in [0.25, 0.3) is 5.56 Å². The van der Waals surface area contributed by atoms with Gasteiger partial charge in [0.15, 0.2) is 0 Å². The van der Waals surface area contributed by atoms with Gasteiger partial charge in [-0.15, -0.1) is 0 Å². The molecule has 1 saturated heterocycles. The zero-order valence-corrected chi connectivity index (χ0v) is 16.9. The Morgan fingerprint density at radius 1 is 1.00 bits per heavy atom. The van der Waals surface area contributed by atoms with Crippen molar-refractivity contribution >= 4 is 23.2 Å². The first-order valence-corrected chi connectivity index (χ1v) is 9.90. The number of hydrogen-bond donors (Lipinski definition) is 0. The molecule has 0 bridgehead atoms. The molecule has 1 aliphatic rings. The first-order valence-electron chi connectivity index (χ1n) is 9.52. The molecule has 0 unspecified atom stereocenters. The van der Waals surface area contributed by atoms with Gasteiger partial charge in [-0.1, -0.05) is 17.7 Å². The van der Waals surface area contributed by atoms with Gasteiger partial charge in [-0.2, -0.15) is 0 Å². The molecule has 0 saturated carbocycles. The van der Waals surface area contributed by atoms with Crippen LogP contribution < -0.4 is 10.5 Å². The lowest BCUT2D eigenvalue weighted by atomic mass is 9.93. The predicted molar refractivity (Wildman–Crippen MR) is 112 cm³/mol. The summed E-state index contributed by atoms with van der Waals surface area (Å²) in [7, 11) is 0. The van der Waals surface area contributed by atoms with E-state index in [2.05, 4.69) is 0 Å². The van der Waals surface area contributed by atoms with E-state index in [9.17, 15) is 18.4 Å². The predicted octanol–water partition coefficient (Wildman–Crippen LogP) is 4.88. The van der Waals surface area contributed by atoms with Crippen LogP contribution in [0.25, 0.3) is 0 Å². The molecule has 2 aromatic carbocycles. The first kappa shape index (κ1) is 20.3. The average molecular weight is 429 g/mol. The maximum atomic E-state index is 14.0. The van der Waals surface area contributed by atoms with Crippen LogP contribution in [0.3, 0.4) is 0 Å². The van der Waals surface area contributed by atoms with Gasteiger partial charge in [0.2, 0.25) is 5.91 Å². The standard InChI is InChI=1S/C23H19ClF2N2O2/c1-14-2-7-21(29)27(12-14)13-16-10-22(30)28(20-5-3-17(24)4-6-20)23(16)15-8-18(25)11-19(26)9-15/h2-9,11-12,16,23H,10,13H2,1H3/t16-,23-/m0/s1. The number of amides is 1. The third kappa shape index (κ3) is 4.00. The fourth-order valence-corrected chi connectivity index (χ4v) is 4.21. The van der Waals surface area contributed by atoms with Gasteiger partial charge in [0, 0.05) is 47.9 Å². The van der Waals surface area contributed by atoms with Crippen molar-refractivity contribution in [3.63, 3.8) is 0 Å². The number of aryl methyl sites for hydroxylation is 1. The minimum atomic E-state index is -0.716. The van der Waals surface area contributed by atoms with Gasteiger partial charge < -0.3 is 9.47 Å². The molecule has 4 nitrogen and oxygen atoms in total. The summed E-state index contributed by atoms with van der Waals surface area (Å²) in [4.78, 5) is 26.8. The Balaban J connectivity index is 1.80. The van der Waals surface area contributed by atoms with Crippen molar-refractivity contribution in [2.45, 2.75) is 25.9 Å². The van der Waals surface area contributed by atoms with Crippen LogP contribution >= 0.6 is 11.6 Å². The van der Waals surface area contributed by atoms with Crippen LogP contribution in [0, 0.1) is 24.5 Å². The number of rotatable bonds is 4. The number of halogens is 3. The van der Waals surface area contributed by atoms with Crippen LogP contribution in [0.2, 0.25) is 5.02 Å². The molecule has 3 aromatic rings. The Hall–Kier alpha value is -2.99. The van der Waals surface area contributed by atoms with Crippen LogP contribution in [0.4, 0.5) is 14.5 Å². The number of anilines is 1. The molecular formula is C23H19ClF2N2O2. The lowest BCUT2D eigenvalue weighted by Gasteiger charge is -2.29. The quantitative estimate of drug-likeness (QED) is 0.594. The molecule has 154 valence electrons. The molecule has 1 aliphatic heterocycles. The van der Waals surface area contributed by atoms with Gasteiger partial charge in [-0.05, 0) is 54.4 Å². The normalized spacial score (nSPS) is 18.8. The Morgan fingerprint density at radius 2 is 1.67 bits per heavy atom. The number of pyridine rings is 1. The van der Waals surface area contributed by atoms with Crippen molar-refractivity contribution in [3.05, 3.63) is 98.9 Å². The van der Waals surface area contributed by atoms with E-state index in [1.807, 2.05) is 6.92 Å². The van der Waals surface area contributed by atoms with E-state index in [1.165, 1.54) is 23.1 Å². The first-order chi connectivity index (χ1) is 14.3. The van der Waals surface area contributed by atoms with Gasteiger partial charge in [0.1, 0.15) is 11.6 Å². The summed E-state index contributed by atoms with van der Waals surface area (Å²) in [5.41, 5.74) is 1.64. The second kappa shape index (κ2) is 8.03. The summed E-state index contributed by atoms with van der Waals surface area (Å²) in [5, 5.41) is 0.515. The van der Waals surface area contributed by atoms with Crippen LogP contribution in [0.1, 0.15) is 23.6 Å². The summed E-state index contributed by atoms with van der Waals surface area (Å²) in [6.45, 7) is 2.12. The maximum absolute atomic E-state index is 14.0. The largest absolute Gasteiger partial charge is 0.315 e. The highest BCUT2D eigenvalue weighted by Gasteiger charge is 2.42. The van der Waals surface area contributed by atoms with E-state index in [4.69, 9.17) is 11.6 Å². The summed E-state index contributed by atoms with van der Waals surface area (Å²) in [5.74, 6) is -1.97. The molecule has 0 aliphatic carbocycles. The van der Waals surface area contributed by atoms with Crippen LogP contribution in [0.15, 0.2) is 65.6 Å². The molecule has 2 atom stereocenters. The number of carbonyl (C=O) groups is 1. The molecule has 0 N–H and O–H groups in total. The van der Waals surface area contributed by atoms with Crippen molar-refractivity contribution in [2.75, 3.05) is 4.90 Å². The lowest BCUT2D eigenvalue weighted by molar-refractivity contribution is -0.117. The lowest BCUT2D eigenvalue weighted by Crippen LogP contribution is -2.31. The van der Waals surface area contributed by atoms with E-state index < -0.39 is 17.7 Å². The molecule has 0 spiro atoms. The fraction of sp³-hybridized carbons (Fsp3) is 0.217. The van der Waals surface area contributed by atoms with E-state index in [-0.39, 0.29) is 30.3 Å². The van der Waals surface area contributed by atoms with E-state index in [0.29, 0.717) is 16.3 Å². The van der Waals surface area contributed by atoms with Crippen molar-refractivity contribution in [1.82, 2.24) is 4.57 Å². The molecule has 4 rings (SSSR count). The number of nitrogens with zero attached hydrogens (tertiary/aromatic N) is 2. The van der Waals surface area contributed by atoms with E-state index >= 15 is 0 Å². The highest BCUT2D eigenvalue weighted by atomic mass is 35.5. The zero-order chi connectivity index (χ0) is 21.4. The summed E-state index contributed by atoms with van der Waals surface area (Å²) in [6, 6.07) is 12.6.